The van der Waals surface area contributed by atoms with Crippen LogP contribution in [0.25, 0.3) is 0 Å². The van der Waals surface area contributed by atoms with E-state index in [2.05, 4.69) is 25.8 Å². The van der Waals surface area contributed by atoms with Crippen molar-refractivity contribution in [2.24, 2.45) is 0 Å². The number of nitrogens with zero attached hydrogens (tertiary/aromatic N) is 3. The maximum absolute atomic E-state index is 11.8. The molecule has 1 amide bonds. The second-order valence-corrected chi connectivity index (χ2v) is 4.05. The Hall–Kier alpha value is -2.15. The summed E-state index contributed by atoms with van der Waals surface area (Å²) in [5.41, 5.74) is 0.398. The van der Waals surface area contributed by atoms with Gasteiger partial charge in [-0.05, 0) is 6.07 Å². The van der Waals surface area contributed by atoms with Gasteiger partial charge >= 0.3 is 0 Å². The predicted octanol–water partition coefficient (Wildman–Crippen LogP) is 1.13. The molecule has 0 aliphatic carbocycles. The Kier molecular flexibility index (Phi) is 4.30. The number of rotatable bonds is 5. The minimum Gasteiger partial charge on any atom is -0.372 e. The SMILES string of the molecule is CNc1ncc(C(=O)NCCc2ncno2)cc1Cl. The van der Waals surface area contributed by atoms with Gasteiger partial charge in [-0.3, -0.25) is 4.79 Å². The first-order valence-electron chi connectivity index (χ1n) is 5.57. The minimum atomic E-state index is -0.253. The number of nitrogens with one attached hydrogen (secondary N) is 2. The molecule has 0 aromatic carbocycles. The first kappa shape index (κ1) is 13.3. The van der Waals surface area contributed by atoms with Gasteiger partial charge in [-0.2, -0.15) is 4.98 Å². The number of halogens is 1. The number of carbonyl (C=O) groups is 1. The molecule has 0 bridgehead atoms. The molecule has 2 rings (SSSR count). The number of pyridine rings is 1. The summed E-state index contributed by atoms with van der Waals surface area (Å²) in [4.78, 5) is 19.7. The third-order valence-corrected chi connectivity index (χ3v) is 2.66. The van der Waals surface area contributed by atoms with Gasteiger partial charge in [-0.1, -0.05) is 16.8 Å². The van der Waals surface area contributed by atoms with Crippen LogP contribution in [-0.2, 0) is 6.42 Å². The molecule has 2 heterocycles. The summed E-state index contributed by atoms with van der Waals surface area (Å²) >= 11 is 5.95. The molecular formula is C11H12ClN5O2. The number of carbonyl (C=O) groups excluding carboxylic acids is 1. The average molecular weight is 282 g/mol. The number of hydrogen-bond donors (Lipinski definition) is 2. The van der Waals surface area contributed by atoms with Gasteiger partial charge in [0.25, 0.3) is 5.91 Å². The van der Waals surface area contributed by atoms with Crippen LogP contribution in [0.1, 0.15) is 16.2 Å². The van der Waals surface area contributed by atoms with Gasteiger partial charge in [0.15, 0.2) is 6.33 Å². The second-order valence-electron chi connectivity index (χ2n) is 3.65. The molecule has 100 valence electrons. The van der Waals surface area contributed by atoms with Crippen LogP contribution in [-0.4, -0.2) is 34.6 Å². The second kappa shape index (κ2) is 6.14. The van der Waals surface area contributed by atoms with Crippen molar-refractivity contribution in [1.82, 2.24) is 20.4 Å². The molecule has 0 fully saturated rings. The third-order valence-electron chi connectivity index (χ3n) is 2.37. The van der Waals surface area contributed by atoms with E-state index in [0.717, 1.165) is 0 Å². The zero-order valence-corrected chi connectivity index (χ0v) is 10.9. The molecule has 0 saturated heterocycles. The fourth-order valence-corrected chi connectivity index (χ4v) is 1.70. The fourth-order valence-electron chi connectivity index (χ4n) is 1.44. The predicted molar refractivity (Wildman–Crippen MR) is 69.1 cm³/mol. The summed E-state index contributed by atoms with van der Waals surface area (Å²) in [7, 11) is 1.71. The summed E-state index contributed by atoms with van der Waals surface area (Å²) in [5.74, 6) is 0.752. The maximum atomic E-state index is 11.8. The molecule has 0 saturated carbocycles. The van der Waals surface area contributed by atoms with E-state index in [0.29, 0.717) is 35.3 Å². The van der Waals surface area contributed by atoms with Gasteiger partial charge in [-0.15, -0.1) is 0 Å². The first-order valence-corrected chi connectivity index (χ1v) is 5.95. The molecule has 8 heteroatoms. The molecule has 0 unspecified atom stereocenters. The molecule has 0 aliphatic heterocycles. The molecule has 7 nitrogen and oxygen atoms in total. The van der Waals surface area contributed by atoms with Crippen molar-refractivity contribution in [3.8, 4) is 0 Å². The fraction of sp³-hybridized carbons (Fsp3) is 0.273. The molecule has 2 N–H and O–H groups in total. The van der Waals surface area contributed by atoms with Crippen molar-refractivity contribution < 1.29 is 9.32 Å². The first-order chi connectivity index (χ1) is 9.20. The Bertz CT molecular complexity index is 558. The molecule has 19 heavy (non-hydrogen) atoms. The van der Waals surface area contributed by atoms with E-state index in [-0.39, 0.29) is 5.91 Å². The lowest BCUT2D eigenvalue weighted by molar-refractivity contribution is 0.0953. The van der Waals surface area contributed by atoms with Crippen molar-refractivity contribution in [3.63, 3.8) is 0 Å². The zero-order chi connectivity index (χ0) is 13.7. The number of aromatic nitrogens is 3. The lowest BCUT2D eigenvalue weighted by atomic mass is 10.2. The maximum Gasteiger partial charge on any atom is 0.252 e. The van der Waals surface area contributed by atoms with Crippen LogP contribution in [0, 0.1) is 0 Å². The van der Waals surface area contributed by atoms with Crippen molar-refractivity contribution in [2.45, 2.75) is 6.42 Å². The van der Waals surface area contributed by atoms with Crippen molar-refractivity contribution in [2.75, 3.05) is 18.9 Å². The highest BCUT2D eigenvalue weighted by Crippen LogP contribution is 2.19. The molecule has 0 atom stereocenters. The monoisotopic (exact) mass is 281 g/mol. The van der Waals surface area contributed by atoms with E-state index in [1.807, 2.05) is 0 Å². The Morgan fingerprint density at radius 1 is 1.47 bits per heavy atom. The number of amides is 1. The molecule has 0 spiro atoms. The highest BCUT2D eigenvalue weighted by Gasteiger charge is 2.09. The summed E-state index contributed by atoms with van der Waals surface area (Å²) in [6, 6.07) is 1.56. The van der Waals surface area contributed by atoms with Crippen LogP contribution < -0.4 is 10.6 Å². The van der Waals surface area contributed by atoms with Crippen molar-refractivity contribution in [3.05, 3.63) is 35.1 Å². The van der Waals surface area contributed by atoms with Gasteiger partial charge in [-0.25, -0.2) is 4.98 Å². The molecule has 0 radical (unpaired) electrons. The van der Waals surface area contributed by atoms with Gasteiger partial charge < -0.3 is 15.2 Å². The Morgan fingerprint density at radius 2 is 2.32 bits per heavy atom. The normalized spacial score (nSPS) is 10.2. The Labute approximate surface area is 114 Å². The Morgan fingerprint density at radius 3 is 2.95 bits per heavy atom. The molecule has 0 aliphatic rings. The lowest BCUT2D eigenvalue weighted by Crippen LogP contribution is -2.26. The van der Waals surface area contributed by atoms with Crippen LogP contribution in [0.4, 0.5) is 5.82 Å². The van der Waals surface area contributed by atoms with Crippen LogP contribution in [0.5, 0.6) is 0 Å². The van der Waals surface area contributed by atoms with E-state index in [9.17, 15) is 4.79 Å². The van der Waals surface area contributed by atoms with Crippen molar-refractivity contribution >= 4 is 23.3 Å². The summed E-state index contributed by atoms with van der Waals surface area (Å²) in [5, 5.41) is 9.41. The summed E-state index contributed by atoms with van der Waals surface area (Å²) in [6.45, 7) is 0.395. The van der Waals surface area contributed by atoms with Crippen LogP contribution >= 0.6 is 11.6 Å². The van der Waals surface area contributed by atoms with Crippen molar-refractivity contribution in [1.29, 1.82) is 0 Å². The van der Waals surface area contributed by atoms with Gasteiger partial charge in [0.2, 0.25) is 5.89 Å². The molecule has 2 aromatic heterocycles. The van der Waals surface area contributed by atoms with E-state index in [1.165, 1.54) is 12.5 Å². The van der Waals surface area contributed by atoms with Gasteiger partial charge in [0.05, 0.1) is 10.6 Å². The number of hydrogen-bond acceptors (Lipinski definition) is 6. The average Bonchev–Trinajstić information content (AvgIpc) is 2.91. The third kappa shape index (κ3) is 3.41. The van der Waals surface area contributed by atoms with Gasteiger partial charge in [0, 0.05) is 26.2 Å². The highest BCUT2D eigenvalue weighted by atomic mass is 35.5. The topological polar surface area (TPSA) is 92.9 Å². The summed E-state index contributed by atoms with van der Waals surface area (Å²) in [6.07, 6.45) is 3.25. The largest absolute Gasteiger partial charge is 0.372 e. The van der Waals surface area contributed by atoms with Crippen LogP contribution in [0.2, 0.25) is 5.02 Å². The lowest BCUT2D eigenvalue weighted by Gasteiger charge is -2.06. The zero-order valence-electron chi connectivity index (χ0n) is 10.2. The van der Waals surface area contributed by atoms with E-state index < -0.39 is 0 Å². The quantitative estimate of drug-likeness (QED) is 0.853. The van der Waals surface area contributed by atoms with E-state index >= 15 is 0 Å². The number of anilines is 1. The van der Waals surface area contributed by atoms with E-state index in [1.54, 1.807) is 13.1 Å². The summed E-state index contributed by atoms with van der Waals surface area (Å²) < 4.78 is 4.82. The Balaban J connectivity index is 1.91. The molecular weight excluding hydrogens is 270 g/mol. The smallest absolute Gasteiger partial charge is 0.252 e. The van der Waals surface area contributed by atoms with Gasteiger partial charge in [0.1, 0.15) is 5.82 Å². The van der Waals surface area contributed by atoms with Crippen LogP contribution in [0.15, 0.2) is 23.1 Å². The molecule has 2 aromatic rings. The van der Waals surface area contributed by atoms with E-state index in [4.69, 9.17) is 16.1 Å². The standard InChI is InChI=1S/C11H12ClN5O2/c1-13-10-8(12)4-7(5-15-10)11(18)14-3-2-9-16-6-17-19-9/h4-6H,2-3H2,1H3,(H,13,15)(H,14,18). The minimum absolute atomic E-state index is 0.253. The van der Waals surface area contributed by atoms with Crippen LogP contribution in [0.3, 0.4) is 0 Å². The highest BCUT2D eigenvalue weighted by molar-refractivity contribution is 6.33.